The van der Waals surface area contributed by atoms with Crippen LogP contribution in [0.4, 0.5) is 15.8 Å². The Morgan fingerprint density at radius 1 is 1.00 bits per heavy atom. The van der Waals surface area contributed by atoms with Gasteiger partial charge in [-0.05, 0) is 43.3 Å². The summed E-state index contributed by atoms with van der Waals surface area (Å²) in [6.45, 7) is 1.51. The van der Waals surface area contributed by atoms with Crippen molar-refractivity contribution in [2.75, 3.05) is 22.5 Å². The molecule has 2 aromatic rings. The molecular weight excluding hydrogens is 331 g/mol. The number of likely N-dealkylation sites (N-methyl/N-ethyl adjacent to an activating group) is 1. The Kier molecular flexibility index (Phi) is 5.23. The third kappa shape index (κ3) is 3.91. The van der Waals surface area contributed by atoms with Crippen LogP contribution in [0.25, 0.3) is 0 Å². The smallest absolute Gasteiger partial charge is 0.250 e. The Labute approximate surface area is 141 Å². The molecule has 0 aliphatic carbocycles. The van der Waals surface area contributed by atoms with Gasteiger partial charge in [0.05, 0.1) is 11.9 Å². The van der Waals surface area contributed by atoms with Crippen molar-refractivity contribution in [3.8, 4) is 0 Å². The van der Waals surface area contributed by atoms with Gasteiger partial charge in [0.15, 0.2) is 0 Å². The number of hydrogen-bond donors (Lipinski definition) is 0. The van der Waals surface area contributed by atoms with Gasteiger partial charge >= 0.3 is 0 Å². The minimum absolute atomic E-state index is 0.237. The van der Waals surface area contributed by atoms with E-state index in [-0.39, 0.29) is 5.69 Å². The number of para-hydroxylation sites is 1. The normalized spacial score (nSPS) is 12.5. The van der Waals surface area contributed by atoms with Crippen molar-refractivity contribution in [1.29, 1.82) is 0 Å². The summed E-state index contributed by atoms with van der Waals surface area (Å²) in [5.74, 6) is -0.872. The van der Waals surface area contributed by atoms with Crippen molar-refractivity contribution in [1.82, 2.24) is 0 Å². The second-order valence-corrected chi connectivity index (χ2v) is 7.30. The molecule has 1 amide bonds. The average Bonchev–Trinajstić information content (AvgIpc) is 2.55. The van der Waals surface area contributed by atoms with Gasteiger partial charge < -0.3 is 4.90 Å². The van der Waals surface area contributed by atoms with E-state index in [1.54, 1.807) is 31.3 Å². The van der Waals surface area contributed by atoms with Gasteiger partial charge in [-0.1, -0.05) is 18.2 Å². The van der Waals surface area contributed by atoms with Crippen LogP contribution in [-0.4, -0.2) is 33.7 Å². The zero-order chi connectivity index (χ0) is 17.9. The van der Waals surface area contributed by atoms with E-state index in [0.717, 1.165) is 22.7 Å². The van der Waals surface area contributed by atoms with Crippen LogP contribution in [0.5, 0.6) is 0 Å². The summed E-state index contributed by atoms with van der Waals surface area (Å²) < 4.78 is 38.5. The highest BCUT2D eigenvalue weighted by Gasteiger charge is 2.31. The third-order valence-electron chi connectivity index (χ3n) is 3.62. The highest BCUT2D eigenvalue weighted by atomic mass is 32.2. The molecule has 0 aliphatic rings. The van der Waals surface area contributed by atoms with E-state index in [4.69, 9.17) is 0 Å². The SMILES string of the molecule is CC(C(=O)N(C)c1ccccc1)N(c1ccc(F)cc1)S(C)(=O)=O. The molecule has 2 rings (SSSR count). The van der Waals surface area contributed by atoms with Gasteiger partial charge in [-0.25, -0.2) is 12.8 Å². The van der Waals surface area contributed by atoms with Gasteiger partial charge in [-0.2, -0.15) is 0 Å². The van der Waals surface area contributed by atoms with E-state index in [2.05, 4.69) is 0 Å². The minimum Gasteiger partial charge on any atom is -0.314 e. The molecular formula is C17H19FN2O3S. The molecule has 0 heterocycles. The highest BCUT2D eigenvalue weighted by Crippen LogP contribution is 2.23. The first-order valence-corrected chi connectivity index (χ1v) is 9.14. The predicted octanol–water partition coefficient (Wildman–Crippen LogP) is 2.64. The molecule has 0 spiro atoms. The molecule has 1 unspecified atom stereocenters. The summed E-state index contributed by atoms with van der Waals surface area (Å²) in [5.41, 5.74) is 0.892. The van der Waals surface area contributed by atoms with Gasteiger partial charge in [0.2, 0.25) is 15.9 Å². The monoisotopic (exact) mass is 350 g/mol. The van der Waals surface area contributed by atoms with Crippen molar-refractivity contribution < 1.29 is 17.6 Å². The fourth-order valence-corrected chi connectivity index (χ4v) is 3.62. The standard InChI is InChI=1S/C17H19FN2O3S/c1-13(17(21)19(2)15-7-5-4-6-8-15)20(24(3,22)23)16-11-9-14(18)10-12-16/h4-13H,1-3H3. The van der Waals surface area contributed by atoms with Crippen LogP contribution in [0.15, 0.2) is 54.6 Å². The fourth-order valence-electron chi connectivity index (χ4n) is 2.45. The Hall–Kier alpha value is -2.41. The molecule has 1 atom stereocenters. The number of halogens is 1. The van der Waals surface area contributed by atoms with Crippen LogP contribution < -0.4 is 9.21 Å². The van der Waals surface area contributed by atoms with E-state index in [1.165, 1.54) is 24.0 Å². The van der Waals surface area contributed by atoms with E-state index in [1.807, 2.05) is 6.07 Å². The molecule has 24 heavy (non-hydrogen) atoms. The van der Waals surface area contributed by atoms with Gasteiger partial charge in [-0.15, -0.1) is 0 Å². The largest absolute Gasteiger partial charge is 0.314 e. The lowest BCUT2D eigenvalue weighted by atomic mass is 10.2. The van der Waals surface area contributed by atoms with E-state index in [9.17, 15) is 17.6 Å². The summed E-state index contributed by atoms with van der Waals surface area (Å²) in [4.78, 5) is 14.1. The summed E-state index contributed by atoms with van der Waals surface area (Å²) in [6, 6.07) is 12.9. The summed E-state index contributed by atoms with van der Waals surface area (Å²) in [5, 5.41) is 0. The van der Waals surface area contributed by atoms with Gasteiger partial charge in [0, 0.05) is 12.7 Å². The second kappa shape index (κ2) is 7.00. The second-order valence-electron chi connectivity index (χ2n) is 5.44. The molecule has 0 saturated heterocycles. The van der Waals surface area contributed by atoms with Crippen LogP contribution in [0.2, 0.25) is 0 Å². The first kappa shape index (κ1) is 17.9. The molecule has 0 radical (unpaired) electrons. The molecule has 0 bridgehead atoms. The molecule has 0 N–H and O–H groups in total. The van der Waals surface area contributed by atoms with E-state index in [0.29, 0.717) is 5.69 Å². The van der Waals surface area contributed by atoms with Crippen molar-refractivity contribution >= 4 is 27.3 Å². The number of hydrogen-bond acceptors (Lipinski definition) is 3. The average molecular weight is 350 g/mol. The first-order valence-electron chi connectivity index (χ1n) is 7.29. The maximum Gasteiger partial charge on any atom is 0.250 e. The number of benzene rings is 2. The zero-order valence-corrected chi connectivity index (χ0v) is 14.5. The van der Waals surface area contributed by atoms with Gasteiger partial charge in [0.1, 0.15) is 11.9 Å². The molecule has 2 aromatic carbocycles. The summed E-state index contributed by atoms with van der Waals surface area (Å²) in [6.07, 6.45) is 1.02. The van der Waals surface area contributed by atoms with Crippen LogP contribution in [0.1, 0.15) is 6.92 Å². The number of carbonyl (C=O) groups excluding carboxylic acids is 1. The fraction of sp³-hybridized carbons (Fsp3) is 0.235. The van der Waals surface area contributed by atoms with Crippen LogP contribution >= 0.6 is 0 Å². The van der Waals surface area contributed by atoms with E-state index >= 15 is 0 Å². The van der Waals surface area contributed by atoms with Gasteiger partial charge in [0.25, 0.3) is 0 Å². The van der Waals surface area contributed by atoms with Crippen LogP contribution in [-0.2, 0) is 14.8 Å². The minimum atomic E-state index is -3.73. The zero-order valence-electron chi connectivity index (χ0n) is 13.7. The number of carbonyl (C=O) groups is 1. The topological polar surface area (TPSA) is 57.7 Å². The number of sulfonamides is 1. The Balaban J connectivity index is 2.36. The summed E-state index contributed by atoms with van der Waals surface area (Å²) in [7, 11) is -2.14. The lowest BCUT2D eigenvalue weighted by Crippen LogP contribution is -2.48. The number of amides is 1. The van der Waals surface area contributed by atoms with E-state index < -0.39 is 27.8 Å². The number of rotatable bonds is 5. The van der Waals surface area contributed by atoms with Crippen LogP contribution in [0.3, 0.4) is 0 Å². The van der Waals surface area contributed by atoms with Crippen molar-refractivity contribution in [2.24, 2.45) is 0 Å². The first-order chi connectivity index (χ1) is 11.2. The van der Waals surface area contributed by atoms with Crippen molar-refractivity contribution in [3.05, 3.63) is 60.4 Å². The molecule has 7 heteroatoms. The van der Waals surface area contributed by atoms with Gasteiger partial charge in [-0.3, -0.25) is 9.10 Å². The molecule has 0 aromatic heterocycles. The molecule has 128 valence electrons. The molecule has 5 nitrogen and oxygen atoms in total. The number of anilines is 2. The lowest BCUT2D eigenvalue weighted by Gasteiger charge is -2.31. The Bertz CT molecular complexity index is 807. The summed E-state index contributed by atoms with van der Waals surface area (Å²) >= 11 is 0. The van der Waals surface area contributed by atoms with Crippen molar-refractivity contribution in [3.63, 3.8) is 0 Å². The maximum absolute atomic E-state index is 13.1. The highest BCUT2D eigenvalue weighted by molar-refractivity contribution is 7.92. The molecule has 0 fully saturated rings. The predicted molar refractivity (Wildman–Crippen MR) is 93.0 cm³/mol. The number of nitrogens with zero attached hydrogens (tertiary/aromatic N) is 2. The Morgan fingerprint density at radius 2 is 1.54 bits per heavy atom. The Morgan fingerprint density at radius 3 is 2.04 bits per heavy atom. The maximum atomic E-state index is 13.1. The van der Waals surface area contributed by atoms with Crippen LogP contribution in [0, 0.1) is 5.82 Å². The third-order valence-corrected chi connectivity index (χ3v) is 4.86. The lowest BCUT2D eigenvalue weighted by molar-refractivity contribution is -0.119. The van der Waals surface area contributed by atoms with Crippen molar-refractivity contribution in [2.45, 2.75) is 13.0 Å². The molecule has 0 saturated carbocycles. The quantitative estimate of drug-likeness (QED) is 0.833. The molecule has 0 aliphatic heterocycles.